The van der Waals surface area contributed by atoms with Crippen LogP contribution >= 0.6 is 11.6 Å². The quantitative estimate of drug-likeness (QED) is 0.719. The summed E-state index contributed by atoms with van der Waals surface area (Å²) >= 11 is 6.09. The van der Waals surface area contributed by atoms with Crippen molar-refractivity contribution in [2.45, 2.75) is 0 Å². The Morgan fingerprint density at radius 3 is 2.43 bits per heavy atom. The van der Waals surface area contributed by atoms with E-state index >= 15 is 0 Å². The Hall–Kier alpha value is -2.64. The topological polar surface area (TPSA) is 52.8 Å². The lowest BCUT2D eigenvalue weighted by Gasteiger charge is -2.20. The molecule has 1 aromatic heterocycles. The molecule has 0 amide bonds. The Bertz CT molecular complexity index is 854. The van der Waals surface area contributed by atoms with Crippen LogP contribution in [0.4, 0.5) is 11.5 Å². The summed E-state index contributed by atoms with van der Waals surface area (Å²) in [5.74, 6) is 0.665. The highest BCUT2D eigenvalue weighted by molar-refractivity contribution is 6.34. The van der Waals surface area contributed by atoms with Crippen molar-refractivity contribution >= 4 is 33.9 Å². The maximum absolute atomic E-state index is 9.24. The highest BCUT2D eigenvalue weighted by atomic mass is 35.5. The minimum atomic E-state index is 0.372. The van der Waals surface area contributed by atoms with E-state index in [1.807, 2.05) is 54.4 Å². The molecule has 0 aliphatic heterocycles. The van der Waals surface area contributed by atoms with E-state index in [0.717, 1.165) is 16.5 Å². The average molecular weight is 295 g/mol. The molecule has 0 fully saturated rings. The van der Waals surface area contributed by atoms with Gasteiger partial charge >= 0.3 is 0 Å². The molecule has 3 rings (SSSR count). The molecule has 0 bridgehead atoms. The second-order valence-electron chi connectivity index (χ2n) is 4.55. The van der Waals surface area contributed by atoms with E-state index in [2.05, 4.69) is 16.3 Å². The van der Waals surface area contributed by atoms with Crippen molar-refractivity contribution in [1.29, 1.82) is 5.26 Å². The van der Waals surface area contributed by atoms with Gasteiger partial charge in [0, 0.05) is 17.8 Å². The normalized spacial score (nSPS) is 10.3. The molecule has 0 atom stereocenters. The zero-order chi connectivity index (χ0) is 14.8. The molecule has 102 valence electrons. The van der Waals surface area contributed by atoms with Gasteiger partial charge in [0.1, 0.15) is 6.07 Å². The molecule has 0 aliphatic carbocycles. The van der Waals surface area contributed by atoms with E-state index in [1.165, 1.54) is 0 Å². The summed E-state index contributed by atoms with van der Waals surface area (Å²) in [6.07, 6.45) is 0. The van der Waals surface area contributed by atoms with Gasteiger partial charge in [0.15, 0.2) is 11.0 Å². The van der Waals surface area contributed by atoms with Crippen LogP contribution in [0.5, 0.6) is 0 Å². The van der Waals surface area contributed by atoms with Crippen LogP contribution < -0.4 is 4.90 Å². The molecule has 0 saturated heterocycles. The molecular weight excluding hydrogens is 284 g/mol. The molecule has 2 aromatic carbocycles. The summed E-state index contributed by atoms with van der Waals surface area (Å²) in [7, 11) is 1.86. The molecule has 0 N–H and O–H groups in total. The Labute approximate surface area is 127 Å². The molecule has 0 saturated carbocycles. The first-order valence-electron chi connectivity index (χ1n) is 6.36. The Morgan fingerprint density at radius 1 is 1.00 bits per heavy atom. The number of rotatable bonds is 2. The number of aromatic nitrogens is 2. The van der Waals surface area contributed by atoms with E-state index in [1.54, 1.807) is 6.07 Å². The van der Waals surface area contributed by atoms with Gasteiger partial charge in [0.05, 0.1) is 11.3 Å². The predicted molar refractivity (Wildman–Crippen MR) is 83.8 cm³/mol. The molecule has 0 radical (unpaired) electrons. The highest BCUT2D eigenvalue weighted by Crippen LogP contribution is 2.32. The lowest BCUT2D eigenvalue weighted by Crippen LogP contribution is -2.14. The number of fused-ring (bicyclic) bond motifs is 1. The van der Waals surface area contributed by atoms with E-state index in [-0.39, 0.29) is 0 Å². The third-order valence-corrected chi connectivity index (χ3v) is 3.61. The monoisotopic (exact) mass is 294 g/mol. The van der Waals surface area contributed by atoms with Gasteiger partial charge in [-0.3, -0.25) is 0 Å². The molecule has 0 unspecified atom stereocenters. The van der Waals surface area contributed by atoms with Crippen molar-refractivity contribution in [3.8, 4) is 6.07 Å². The van der Waals surface area contributed by atoms with Crippen LogP contribution in [0.25, 0.3) is 10.8 Å². The van der Waals surface area contributed by atoms with Crippen LogP contribution in [0.15, 0.2) is 48.5 Å². The van der Waals surface area contributed by atoms with Gasteiger partial charge in [-0.1, -0.05) is 48.0 Å². The molecule has 0 spiro atoms. The molecular formula is C16H11ClN4. The molecule has 5 heteroatoms. The number of hydrogen-bond acceptors (Lipinski definition) is 4. The average Bonchev–Trinajstić information content (AvgIpc) is 2.55. The van der Waals surface area contributed by atoms with Crippen LogP contribution in [0.1, 0.15) is 5.56 Å². The smallest absolute Gasteiger partial charge is 0.163 e. The van der Waals surface area contributed by atoms with Gasteiger partial charge in [0.2, 0.25) is 0 Å². The lowest BCUT2D eigenvalue weighted by atomic mass is 10.1. The van der Waals surface area contributed by atoms with Gasteiger partial charge < -0.3 is 4.90 Å². The Morgan fingerprint density at radius 2 is 1.67 bits per heavy atom. The maximum Gasteiger partial charge on any atom is 0.163 e. The summed E-state index contributed by atoms with van der Waals surface area (Å²) in [5.41, 5.74) is 1.36. The van der Waals surface area contributed by atoms with E-state index in [9.17, 15) is 5.26 Å². The van der Waals surface area contributed by atoms with Crippen LogP contribution in [0.3, 0.4) is 0 Å². The summed E-state index contributed by atoms with van der Waals surface area (Å²) in [5, 5.41) is 19.5. The maximum atomic E-state index is 9.24. The number of hydrogen-bond donors (Lipinski definition) is 0. The molecule has 3 aromatic rings. The summed E-state index contributed by atoms with van der Waals surface area (Å²) in [6, 6.07) is 17.2. The number of nitrogens with zero attached hydrogens (tertiary/aromatic N) is 4. The Kier molecular flexibility index (Phi) is 3.43. The van der Waals surface area contributed by atoms with Crippen molar-refractivity contribution < 1.29 is 0 Å². The third-order valence-electron chi connectivity index (χ3n) is 3.33. The number of anilines is 2. The number of benzene rings is 2. The first kappa shape index (κ1) is 13.3. The van der Waals surface area contributed by atoms with Gasteiger partial charge in [-0.15, -0.1) is 10.2 Å². The van der Waals surface area contributed by atoms with E-state index < -0.39 is 0 Å². The second-order valence-corrected chi connectivity index (χ2v) is 4.91. The number of halogens is 1. The minimum absolute atomic E-state index is 0.372. The van der Waals surface area contributed by atoms with Crippen LogP contribution in [0, 0.1) is 11.3 Å². The molecule has 1 heterocycles. The summed E-state index contributed by atoms with van der Waals surface area (Å²) < 4.78 is 0. The summed E-state index contributed by atoms with van der Waals surface area (Å²) in [6.45, 7) is 0. The zero-order valence-corrected chi connectivity index (χ0v) is 12.0. The first-order valence-corrected chi connectivity index (χ1v) is 6.74. The fourth-order valence-electron chi connectivity index (χ4n) is 2.28. The van der Waals surface area contributed by atoms with Crippen molar-refractivity contribution in [2.24, 2.45) is 0 Å². The lowest BCUT2D eigenvalue weighted by molar-refractivity contribution is 1.00. The van der Waals surface area contributed by atoms with Gasteiger partial charge in [-0.25, -0.2) is 0 Å². The number of para-hydroxylation sites is 1. The summed E-state index contributed by atoms with van der Waals surface area (Å²) in [4.78, 5) is 1.85. The molecule has 4 nitrogen and oxygen atoms in total. The van der Waals surface area contributed by atoms with E-state index in [4.69, 9.17) is 11.6 Å². The van der Waals surface area contributed by atoms with Crippen molar-refractivity contribution in [3.63, 3.8) is 0 Å². The minimum Gasteiger partial charge on any atom is -0.326 e. The zero-order valence-electron chi connectivity index (χ0n) is 11.3. The third kappa shape index (κ3) is 2.28. The highest BCUT2D eigenvalue weighted by Gasteiger charge is 2.15. The van der Waals surface area contributed by atoms with Crippen molar-refractivity contribution in [2.75, 3.05) is 11.9 Å². The first-order chi connectivity index (χ1) is 10.2. The standard InChI is InChI=1S/C16H11ClN4/c1-21(14-9-5-2-6-11(14)10-18)16-13-8-4-3-7-12(13)15(17)19-20-16/h2-9H,1H3. The van der Waals surface area contributed by atoms with Gasteiger partial charge in [0.25, 0.3) is 0 Å². The van der Waals surface area contributed by atoms with Crippen LogP contribution in [-0.2, 0) is 0 Å². The van der Waals surface area contributed by atoms with Gasteiger partial charge in [-0.05, 0) is 12.1 Å². The fourth-order valence-corrected chi connectivity index (χ4v) is 2.48. The van der Waals surface area contributed by atoms with Crippen molar-refractivity contribution in [3.05, 3.63) is 59.2 Å². The Balaban J connectivity index is 2.21. The fraction of sp³-hybridized carbons (Fsp3) is 0.0625. The largest absolute Gasteiger partial charge is 0.326 e. The van der Waals surface area contributed by atoms with Gasteiger partial charge in [-0.2, -0.15) is 5.26 Å². The molecule has 21 heavy (non-hydrogen) atoms. The van der Waals surface area contributed by atoms with Crippen LogP contribution in [-0.4, -0.2) is 17.2 Å². The van der Waals surface area contributed by atoms with Crippen LogP contribution in [0.2, 0.25) is 5.15 Å². The number of nitriles is 1. The predicted octanol–water partition coefficient (Wildman–Crippen LogP) is 3.92. The van der Waals surface area contributed by atoms with E-state index in [0.29, 0.717) is 16.5 Å². The SMILES string of the molecule is CN(c1ccccc1C#N)c1nnc(Cl)c2ccccc12. The molecule has 0 aliphatic rings. The van der Waals surface area contributed by atoms with Crippen molar-refractivity contribution in [1.82, 2.24) is 10.2 Å². The second kappa shape index (κ2) is 5.39.